The van der Waals surface area contributed by atoms with E-state index >= 15 is 0 Å². The lowest BCUT2D eigenvalue weighted by Gasteiger charge is -2.29. The fourth-order valence-corrected chi connectivity index (χ4v) is 3.36. The van der Waals surface area contributed by atoms with Crippen molar-refractivity contribution in [3.8, 4) is 17.0 Å². The van der Waals surface area contributed by atoms with E-state index in [2.05, 4.69) is 21.5 Å². The number of hydrogen-bond acceptors (Lipinski definition) is 5. The first-order chi connectivity index (χ1) is 13.2. The lowest BCUT2D eigenvalue weighted by Crippen LogP contribution is -2.36. The summed E-state index contributed by atoms with van der Waals surface area (Å²) >= 11 is 0. The lowest BCUT2D eigenvalue weighted by atomic mass is 10.0. The molecule has 1 aliphatic heterocycles. The van der Waals surface area contributed by atoms with Gasteiger partial charge < -0.3 is 19.4 Å². The van der Waals surface area contributed by atoms with E-state index in [1.165, 1.54) is 12.4 Å². The highest BCUT2D eigenvalue weighted by Crippen LogP contribution is 2.37. The van der Waals surface area contributed by atoms with Crippen molar-refractivity contribution in [3.63, 3.8) is 0 Å². The molecule has 2 aromatic heterocycles. The molecular formula is C20H20N4O3. The molecule has 0 bridgehead atoms. The van der Waals surface area contributed by atoms with Crippen LogP contribution in [0, 0.1) is 0 Å². The maximum atomic E-state index is 12.2. The smallest absolute Gasteiger partial charge is 0.250 e. The predicted molar refractivity (Wildman–Crippen MR) is 103 cm³/mol. The Kier molecular flexibility index (Phi) is 4.60. The van der Waals surface area contributed by atoms with Crippen molar-refractivity contribution >= 4 is 22.6 Å². The van der Waals surface area contributed by atoms with Gasteiger partial charge in [0, 0.05) is 24.3 Å². The predicted octanol–water partition coefficient (Wildman–Crippen LogP) is 2.73. The zero-order valence-corrected chi connectivity index (χ0v) is 15.1. The minimum atomic E-state index is -0.146. The summed E-state index contributed by atoms with van der Waals surface area (Å²) in [6.07, 6.45) is 5.56. The van der Waals surface area contributed by atoms with Crippen molar-refractivity contribution in [1.82, 2.24) is 15.0 Å². The van der Waals surface area contributed by atoms with Crippen molar-refractivity contribution in [1.29, 1.82) is 0 Å². The monoisotopic (exact) mass is 364 g/mol. The number of carbonyl (C=O) groups excluding carboxylic acids is 1. The summed E-state index contributed by atoms with van der Waals surface area (Å²) in [5.41, 5.74) is 4.30. The molecule has 0 spiro atoms. The highest BCUT2D eigenvalue weighted by molar-refractivity contribution is 6.03. The van der Waals surface area contributed by atoms with Crippen LogP contribution in [0.4, 0.5) is 5.69 Å². The van der Waals surface area contributed by atoms with E-state index in [9.17, 15) is 4.79 Å². The number of aromatic nitrogens is 3. The largest absolute Gasteiger partial charge is 0.490 e. The number of carbonyl (C=O) groups is 1. The molecule has 0 radical (unpaired) electrons. The van der Waals surface area contributed by atoms with Crippen LogP contribution in [-0.4, -0.2) is 47.7 Å². The van der Waals surface area contributed by atoms with Crippen molar-refractivity contribution in [3.05, 3.63) is 48.9 Å². The van der Waals surface area contributed by atoms with Crippen LogP contribution < -0.4 is 9.64 Å². The average molecular weight is 364 g/mol. The third-order valence-electron chi connectivity index (χ3n) is 4.66. The van der Waals surface area contributed by atoms with E-state index in [0.717, 1.165) is 40.0 Å². The van der Waals surface area contributed by atoms with Crippen LogP contribution in [0.25, 0.3) is 22.3 Å². The molecule has 1 aliphatic rings. The molecule has 7 nitrogen and oxygen atoms in total. The number of methoxy groups -OCH3 is 1. The molecule has 7 heteroatoms. The topological polar surface area (TPSA) is 80.3 Å². The number of amides is 1. The SMILES string of the molecule is C=CC(=O)N1CCOc2ccc(-c3ncnc4[nH]cc(CCOC)c34)cc21. The van der Waals surface area contributed by atoms with Crippen LogP contribution in [0.1, 0.15) is 5.56 Å². The standard InChI is InChI=1S/C20H20N4O3/c1-3-17(25)24-7-9-27-16-5-4-13(10-15(16)24)19-18-14(6-8-26-2)11-21-20(18)23-12-22-19/h3-5,10-12H,1,6-9H2,2H3,(H,21,22,23). The first-order valence-corrected chi connectivity index (χ1v) is 8.74. The van der Waals surface area contributed by atoms with Gasteiger partial charge in [0.1, 0.15) is 24.3 Å². The summed E-state index contributed by atoms with van der Waals surface area (Å²) in [6, 6.07) is 5.77. The van der Waals surface area contributed by atoms with Gasteiger partial charge >= 0.3 is 0 Å². The van der Waals surface area contributed by atoms with Gasteiger partial charge in [0.15, 0.2) is 0 Å². The third-order valence-corrected chi connectivity index (χ3v) is 4.66. The molecule has 3 heterocycles. The second kappa shape index (κ2) is 7.20. The summed E-state index contributed by atoms with van der Waals surface area (Å²) < 4.78 is 10.9. The van der Waals surface area contributed by atoms with Crippen LogP contribution in [-0.2, 0) is 16.0 Å². The summed E-state index contributed by atoms with van der Waals surface area (Å²) in [4.78, 5) is 26.0. The number of ether oxygens (including phenoxy) is 2. The Morgan fingerprint density at radius 2 is 2.33 bits per heavy atom. The number of nitrogens with zero attached hydrogens (tertiary/aromatic N) is 3. The maximum absolute atomic E-state index is 12.2. The van der Waals surface area contributed by atoms with Crippen molar-refractivity contribution < 1.29 is 14.3 Å². The second-order valence-corrected chi connectivity index (χ2v) is 6.23. The Morgan fingerprint density at radius 3 is 3.15 bits per heavy atom. The van der Waals surface area contributed by atoms with E-state index in [4.69, 9.17) is 9.47 Å². The number of aromatic amines is 1. The van der Waals surface area contributed by atoms with Gasteiger partial charge in [-0.3, -0.25) is 4.79 Å². The minimum Gasteiger partial charge on any atom is -0.490 e. The molecule has 0 aliphatic carbocycles. The van der Waals surface area contributed by atoms with E-state index in [-0.39, 0.29) is 5.91 Å². The van der Waals surface area contributed by atoms with Crippen LogP contribution >= 0.6 is 0 Å². The summed E-state index contributed by atoms with van der Waals surface area (Å²) in [5.74, 6) is 0.533. The Morgan fingerprint density at radius 1 is 1.44 bits per heavy atom. The number of rotatable bonds is 5. The number of hydrogen-bond donors (Lipinski definition) is 1. The Hall–Kier alpha value is -3.19. The van der Waals surface area contributed by atoms with Gasteiger partial charge in [-0.2, -0.15) is 0 Å². The summed E-state index contributed by atoms with van der Waals surface area (Å²) in [5, 5.41) is 0.966. The number of nitrogens with one attached hydrogen (secondary N) is 1. The zero-order chi connectivity index (χ0) is 18.8. The molecule has 1 N–H and O–H groups in total. The molecule has 0 fully saturated rings. The lowest BCUT2D eigenvalue weighted by molar-refractivity contribution is -0.114. The molecule has 4 rings (SSSR count). The molecule has 27 heavy (non-hydrogen) atoms. The van der Waals surface area contributed by atoms with Gasteiger partial charge in [0.25, 0.3) is 5.91 Å². The van der Waals surface area contributed by atoms with E-state index < -0.39 is 0 Å². The number of anilines is 1. The molecule has 1 aromatic carbocycles. The highest BCUT2D eigenvalue weighted by Gasteiger charge is 2.23. The molecule has 0 saturated carbocycles. The average Bonchev–Trinajstić information content (AvgIpc) is 3.14. The van der Waals surface area contributed by atoms with E-state index in [1.807, 2.05) is 24.4 Å². The highest BCUT2D eigenvalue weighted by atomic mass is 16.5. The van der Waals surface area contributed by atoms with Gasteiger partial charge in [0.05, 0.1) is 24.5 Å². The van der Waals surface area contributed by atoms with Gasteiger partial charge in [-0.1, -0.05) is 6.58 Å². The first kappa shape index (κ1) is 17.2. The molecule has 0 atom stereocenters. The molecule has 0 unspecified atom stereocenters. The van der Waals surface area contributed by atoms with Crippen LogP contribution in [0.5, 0.6) is 5.75 Å². The Bertz CT molecular complexity index is 1010. The first-order valence-electron chi connectivity index (χ1n) is 8.74. The van der Waals surface area contributed by atoms with Crippen molar-refractivity contribution in [2.45, 2.75) is 6.42 Å². The van der Waals surface area contributed by atoms with Crippen molar-refractivity contribution in [2.75, 3.05) is 31.8 Å². The van der Waals surface area contributed by atoms with E-state index in [1.54, 1.807) is 12.0 Å². The molecule has 1 amide bonds. The number of H-pyrrole nitrogens is 1. The number of fused-ring (bicyclic) bond motifs is 2. The number of benzene rings is 1. The fourth-order valence-electron chi connectivity index (χ4n) is 3.36. The maximum Gasteiger partial charge on any atom is 0.250 e. The van der Waals surface area contributed by atoms with Gasteiger partial charge in [-0.15, -0.1) is 0 Å². The van der Waals surface area contributed by atoms with E-state index in [0.29, 0.717) is 25.5 Å². The molecule has 3 aromatic rings. The van der Waals surface area contributed by atoms with Gasteiger partial charge in [-0.25, -0.2) is 9.97 Å². The zero-order valence-electron chi connectivity index (χ0n) is 15.1. The van der Waals surface area contributed by atoms with Crippen LogP contribution in [0.3, 0.4) is 0 Å². The summed E-state index contributed by atoms with van der Waals surface area (Å²) in [7, 11) is 1.68. The third kappa shape index (κ3) is 3.06. The normalized spacial score (nSPS) is 13.3. The Balaban J connectivity index is 1.84. The molecular weight excluding hydrogens is 344 g/mol. The quantitative estimate of drug-likeness (QED) is 0.704. The Labute approximate surface area is 156 Å². The minimum absolute atomic E-state index is 0.146. The molecule has 138 valence electrons. The fraction of sp³-hybridized carbons (Fsp3) is 0.250. The van der Waals surface area contributed by atoms with Crippen LogP contribution in [0.15, 0.2) is 43.4 Å². The molecule has 0 saturated heterocycles. The van der Waals surface area contributed by atoms with Crippen LogP contribution in [0.2, 0.25) is 0 Å². The summed E-state index contributed by atoms with van der Waals surface area (Å²) in [6.45, 7) is 5.16. The second-order valence-electron chi connectivity index (χ2n) is 6.23. The van der Waals surface area contributed by atoms with Gasteiger partial charge in [0.2, 0.25) is 0 Å². The van der Waals surface area contributed by atoms with Gasteiger partial charge in [-0.05, 0) is 36.3 Å². The van der Waals surface area contributed by atoms with Crippen molar-refractivity contribution in [2.24, 2.45) is 0 Å².